The first-order valence-corrected chi connectivity index (χ1v) is 8.89. The van der Waals surface area contributed by atoms with Gasteiger partial charge in [0.25, 0.3) is 0 Å². The molecule has 0 aliphatic heterocycles. The zero-order valence-electron chi connectivity index (χ0n) is 14.5. The van der Waals surface area contributed by atoms with Crippen molar-refractivity contribution in [1.82, 2.24) is 9.97 Å². The Morgan fingerprint density at radius 1 is 1.00 bits per heavy atom. The van der Waals surface area contributed by atoms with Gasteiger partial charge in [-0.1, -0.05) is 11.8 Å². The molecule has 0 aliphatic carbocycles. The van der Waals surface area contributed by atoms with Crippen molar-refractivity contribution in [2.75, 3.05) is 20.0 Å². The number of rotatable bonds is 7. The Morgan fingerprint density at radius 2 is 1.54 bits per heavy atom. The van der Waals surface area contributed by atoms with E-state index in [9.17, 15) is 4.79 Å². The van der Waals surface area contributed by atoms with Gasteiger partial charge in [0, 0.05) is 11.1 Å². The number of hydrogen-bond donors (Lipinski definition) is 2. The largest absolute Gasteiger partial charge is 0.497 e. The molecule has 1 aromatic heterocycles. The molecule has 0 bridgehead atoms. The van der Waals surface area contributed by atoms with Crippen LogP contribution in [0.25, 0.3) is 22.5 Å². The van der Waals surface area contributed by atoms with Gasteiger partial charge >= 0.3 is 0 Å². The molecule has 1 heterocycles. The van der Waals surface area contributed by atoms with Crippen LogP contribution in [0.4, 0.5) is 0 Å². The number of hydrogen-bond acceptors (Lipinski definition) is 5. The highest BCUT2D eigenvalue weighted by atomic mass is 32.2. The summed E-state index contributed by atoms with van der Waals surface area (Å²) < 4.78 is 10.4. The van der Waals surface area contributed by atoms with Crippen molar-refractivity contribution in [2.24, 2.45) is 5.73 Å². The molecular formula is C19H19N3O3S. The van der Waals surface area contributed by atoms with E-state index in [2.05, 4.69) is 9.97 Å². The third-order valence-corrected chi connectivity index (χ3v) is 4.67. The zero-order chi connectivity index (χ0) is 18.5. The predicted octanol–water partition coefficient (Wildman–Crippen LogP) is 3.34. The minimum atomic E-state index is -0.386. The van der Waals surface area contributed by atoms with Crippen LogP contribution in [0.1, 0.15) is 0 Å². The molecule has 0 spiro atoms. The van der Waals surface area contributed by atoms with Crippen LogP contribution in [0.2, 0.25) is 0 Å². The summed E-state index contributed by atoms with van der Waals surface area (Å²) in [6, 6.07) is 15.4. The lowest BCUT2D eigenvalue weighted by atomic mass is 10.0. The van der Waals surface area contributed by atoms with E-state index < -0.39 is 0 Å². The van der Waals surface area contributed by atoms with Crippen LogP contribution in [-0.4, -0.2) is 35.8 Å². The maximum atomic E-state index is 11.1. The third kappa shape index (κ3) is 4.00. The van der Waals surface area contributed by atoms with Crippen molar-refractivity contribution in [3.63, 3.8) is 0 Å². The number of H-pyrrole nitrogens is 1. The first kappa shape index (κ1) is 17.9. The Hall–Kier alpha value is -2.93. The molecule has 0 saturated carbocycles. The molecule has 1 amide bonds. The first-order valence-electron chi connectivity index (χ1n) is 7.90. The molecule has 6 nitrogen and oxygen atoms in total. The molecule has 3 aromatic rings. The summed E-state index contributed by atoms with van der Waals surface area (Å²) in [5.41, 5.74) is 8.81. The second kappa shape index (κ2) is 7.97. The Labute approximate surface area is 155 Å². The van der Waals surface area contributed by atoms with Crippen LogP contribution >= 0.6 is 11.8 Å². The summed E-state index contributed by atoms with van der Waals surface area (Å²) in [5, 5.41) is 0.639. The topological polar surface area (TPSA) is 90.2 Å². The third-order valence-electron chi connectivity index (χ3n) is 3.78. The Kier molecular flexibility index (Phi) is 5.48. The molecule has 2 aromatic carbocycles. The lowest BCUT2D eigenvalue weighted by molar-refractivity contribution is -0.115. The van der Waals surface area contributed by atoms with E-state index in [1.54, 1.807) is 14.2 Å². The SMILES string of the molecule is COc1ccc(-c2nc(SCC(N)=O)[nH]c2-c2ccc(OC)cc2)cc1. The van der Waals surface area contributed by atoms with E-state index in [1.807, 2.05) is 48.5 Å². The standard InChI is InChI=1S/C19H19N3O3S/c1-24-14-7-3-12(4-8-14)17-18(13-5-9-15(25-2)10-6-13)22-19(21-17)26-11-16(20)23/h3-10H,11H2,1-2H3,(H2,20,23)(H,21,22). The molecule has 26 heavy (non-hydrogen) atoms. The molecule has 134 valence electrons. The van der Waals surface area contributed by atoms with E-state index in [4.69, 9.17) is 15.2 Å². The summed E-state index contributed by atoms with van der Waals surface area (Å²) in [5.74, 6) is 1.34. The van der Waals surface area contributed by atoms with Crippen LogP contribution < -0.4 is 15.2 Å². The normalized spacial score (nSPS) is 10.5. The van der Waals surface area contributed by atoms with Crippen molar-refractivity contribution in [1.29, 1.82) is 0 Å². The number of methoxy groups -OCH3 is 2. The average Bonchev–Trinajstić information content (AvgIpc) is 3.11. The molecule has 0 fully saturated rings. The summed E-state index contributed by atoms with van der Waals surface area (Å²) in [6.45, 7) is 0. The summed E-state index contributed by atoms with van der Waals surface area (Å²) >= 11 is 1.28. The molecule has 0 aliphatic rings. The smallest absolute Gasteiger partial charge is 0.227 e. The number of ether oxygens (including phenoxy) is 2. The van der Waals surface area contributed by atoms with Crippen molar-refractivity contribution < 1.29 is 14.3 Å². The number of aromatic amines is 1. The fourth-order valence-corrected chi connectivity index (χ4v) is 3.09. The molecule has 0 atom stereocenters. The van der Waals surface area contributed by atoms with E-state index in [-0.39, 0.29) is 11.7 Å². The van der Waals surface area contributed by atoms with Gasteiger partial charge in [-0.3, -0.25) is 4.79 Å². The minimum absolute atomic E-state index is 0.164. The van der Waals surface area contributed by atoms with E-state index >= 15 is 0 Å². The van der Waals surface area contributed by atoms with Crippen molar-refractivity contribution in [3.8, 4) is 34.0 Å². The number of nitrogens with two attached hydrogens (primary N) is 1. The van der Waals surface area contributed by atoms with Crippen LogP contribution in [0, 0.1) is 0 Å². The average molecular weight is 369 g/mol. The van der Waals surface area contributed by atoms with Gasteiger partial charge in [-0.2, -0.15) is 0 Å². The number of thioether (sulfide) groups is 1. The summed E-state index contributed by atoms with van der Waals surface area (Å²) in [7, 11) is 3.26. The van der Waals surface area contributed by atoms with Gasteiger partial charge in [0.05, 0.1) is 31.4 Å². The van der Waals surface area contributed by atoms with Crippen LogP contribution in [0.15, 0.2) is 53.7 Å². The molecular weight excluding hydrogens is 350 g/mol. The van der Waals surface area contributed by atoms with Crippen molar-refractivity contribution in [2.45, 2.75) is 5.16 Å². The molecule has 0 radical (unpaired) electrons. The van der Waals surface area contributed by atoms with Crippen molar-refractivity contribution in [3.05, 3.63) is 48.5 Å². The van der Waals surface area contributed by atoms with Gasteiger partial charge in [-0.25, -0.2) is 4.98 Å². The van der Waals surface area contributed by atoms with Gasteiger partial charge in [0.15, 0.2) is 5.16 Å². The predicted molar refractivity (Wildman–Crippen MR) is 102 cm³/mol. The van der Waals surface area contributed by atoms with E-state index in [1.165, 1.54) is 11.8 Å². The maximum Gasteiger partial charge on any atom is 0.227 e. The molecule has 3 N–H and O–H groups in total. The van der Waals surface area contributed by atoms with Crippen LogP contribution in [-0.2, 0) is 4.79 Å². The number of aromatic nitrogens is 2. The molecule has 0 unspecified atom stereocenters. The highest BCUT2D eigenvalue weighted by Gasteiger charge is 2.15. The van der Waals surface area contributed by atoms with Gasteiger partial charge in [0.2, 0.25) is 5.91 Å². The Bertz CT molecular complexity index is 824. The van der Waals surface area contributed by atoms with Gasteiger partial charge < -0.3 is 20.2 Å². The number of primary amides is 1. The number of carbonyl (C=O) groups excluding carboxylic acids is 1. The number of nitrogens with zero attached hydrogens (tertiary/aromatic N) is 1. The van der Waals surface area contributed by atoms with Gasteiger partial charge in [-0.05, 0) is 48.5 Å². The fourth-order valence-electron chi connectivity index (χ4n) is 2.48. The fraction of sp³-hybridized carbons (Fsp3) is 0.158. The second-order valence-electron chi connectivity index (χ2n) is 5.48. The number of carbonyl (C=O) groups is 1. The number of imidazole rings is 1. The zero-order valence-corrected chi connectivity index (χ0v) is 15.3. The number of benzene rings is 2. The van der Waals surface area contributed by atoms with Gasteiger partial charge in [-0.15, -0.1) is 0 Å². The Morgan fingerprint density at radius 3 is 2.04 bits per heavy atom. The monoisotopic (exact) mass is 369 g/mol. The second-order valence-corrected chi connectivity index (χ2v) is 6.44. The summed E-state index contributed by atoms with van der Waals surface area (Å²) in [4.78, 5) is 19.0. The maximum absolute atomic E-state index is 11.1. The van der Waals surface area contributed by atoms with E-state index in [0.29, 0.717) is 5.16 Å². The lowest BCUT2D eigenvalue weighted by Crippen LogP contribution is -2.13. The van der Waals surface area contributed by atoms with Crippen molar-refractivity contribution >= 4 is 17.7 Å². The quantitative estimate of drug-likeness (QED) is 0.624. The van der Waals surface area contributed by atoms with Crippen LogP contribution in [0.3, 0.4) is 0 Å². The first-order chi connectivity index (χ1) is 12.6. The molecule has 0 saturated heterocycles. The van der Waals surface area contributed by atoms with Crippen LogP contribution in [0.5, 0.6) is 11.5 Å². The highest BCUT2D eigenvalue weighted by molar-refractivity contribution is 7.99. The van der Waals surface area contributed by atoms with Gasteiger partial charge in [0.1, 0.15) is 11.5 Å². The highest BCUT2D eigenvalue weighted by Crippen LogP contribution is 2.34. The molecule has 7 heteroatoms. The number of nitrogens with one attached hydrogen (secondary N) is 1. The van der Waals surface area contributed by atoms with E-state index in [0.717, 1.165) is 34.0 Å². The number of amides is 1. The molecule has 3 rings (SSSR count). The Balaban J connectivity index is 2.02. The lowest BCUT2D eigenvalue weighted by Gasteiger charge is -2.06. The summed E-state index contributed by atoms with van der Waals surface area (Å²) in [6.07, 6.45) is 0. The minimum Gasteiger partial charge on any atom is -0.497 e.